The van der Waals surface area contributed by atoms with E-state index in [-0.39, 0.29) is 59.5 Å². The highest BCUT2D eigenvalue weighted by Gasteiger charge is 2.32. The first-order chi connectivity index (χ1) is 16.9. The van der Waals surface area contributed by atoms with Crippen LogP contribution in [0.15, 0.2) is 60.7 Å². The number of carbonyl (C=O) groups excluding carboxylic acids is 1. The standard InChI is InChI=1S/C29H34N2O5.ClH/c1-28(2,21-9-5-7-11-23(21)34)17-29(3,4)30-16-20(33)14-18-13-19(32)15-25-26(18)27(35)31-22-10-6-8-12-24(22)36-25;/h5-13,15,20,30,32-34H,14,16-17H2,1-4H3,(H,31,35);1H/t20-;/m1./s1. The van der Waals surface area contributed by atoms with Gasteiger partial charge in [-0.1, -0.05) is 44.2 Å². The number of ether oxygens (including phenoxy) is 1. The van der Waals surface area contributed by atoms with Crippen LogP contribution in [0.2, 0.25) is 0 Å². The van der Waals surface area contributed by atoms with Crippen LogP contribution in [0.1, 0.15) is 55.6 Å². The lowest BCUT2D eigenvalue weighted by atomic mass is 9.74. The minimum Gasteiger partial charge on any atom is -0.508 e. The number of phenolic OH excluding ortho intramolecular Hbond substituents is 2. The van der Waals surface area contributed by atoms with Gasteiger partial charge in [0.15, 0.2) is 5.75 Å². The van der Waals surface area contributed by atoms with E-state index in [2.05, 4.69) is 38.3 Å². The SMILES string of the molecule is CC(C)(CC(C)(C)c1ccccc1O)NC[C@H](O)Cc1cc(O)cc2c1C(=O)Nc1ccccc1O2.Cl. The van der Waals surface area contributed by atoms with Gasteiger partial charge < -0.3 is 30.7 Å². The molecule has 5 N–H and O–H groups in total. The highest BCUT2D eigenvalue weighted by atomic mass is 35.5. The van der Waals surface area contributed by atoms with E-state index in [9.17, 15) is 20.1 Å². The molecule has 0 saturated heterocycles. The average Bonchev–Trinajstić information content (AvgIpc) is 2.92. The van der Waals surface area contributed by atoms with E-state index in [0.717, 1.165) is 5.56 Å². The zero-order chi connectivity index (χ0) is 26.1. The first kappa shape index (κ1) is 28.3. The van der Waals surface area contributed by atoms with Crippen molar-refractivity contribution in [3.8, 4) is 23.0 Å². The van der Waals surface area contributed by atoms with E-state index in [1.165, 1.54) is 12.1 Å². The second-order valence-corrected chi connectivity index (χ2v) is 10.7. The Morgan fingerprint density at radius 1 is 0.973 bits per heavy atom. The number of nitrogens with one attached hydrogen (secondary N) is 2. The van der Waals surface area contributed by atoms with E-state index >= 15 is 0 Å². The number of hydrogen-bond acceptors (Lipinski definition) is 6. The minimum absolute atomic E-state index is 0. The van der Waals surface area contributed by atoms with Crippen molar-refractivity contribution in [3.63, 3.8) is 0 Å². The van der Waals surface area contributed by atoms with Crippen LogP contribution in [0.4, 0.5) is 5.69 Å². The van der Waals surface area contributed by atoms with E-state index in [0.29, 0.717) is 29.0 Å². The molecule has 1 heterocycles. The summed E-state index contributed by atoms with van der Waals surface area (Å²) in [6.45, 7) is 8.55. The molecule has 0 aliphatic carbocycles. The van der Waals surface area contributed by atoms with Crippen molar-refractivity contribution < 1.29 is 24.9 Å². The molecule has 1 aliphatic rings. The number of benzene rings is 3. The Morgan fingerprint density at radius 2 is 1.65 bits per heavy atom. The fraction of sp³-hybridized carbons (Fsp3) is 0.345. The Hall–Kier alpha value is -3.26. The Kier molecular flexibility index (Phi) is 8.42. The van der Waals surface area contributed by atoms with Crippen molar-refractivity contribution in [2.45, 2.75) is 57.6 Å². The molecule has 0 fully saturated rings. The quantitative estimate of drug-likeness (QED) is 0.264. The van der Waals surface area contributed by atoms with Gasteiger partial charge >= 0.3 is 0 Å². The molecule has 0 unspecified atom stereocenters. The first-order valence-electron chi connectivity index (χ1n) is 12.1. The molecular weight excluding hydrogens is 492 g/mol. The number of aromatic hydroxyl groups is 2. The Bertz CT molecular complexity index is 1270. The third-order valence-electron chi connectivity index (χ3n) is 6.54. The molecule has 1 aliphatic heterocycles. The van der Waals surface area contributed by atoms with Crippen LogP contribution in [0.3, 0.4) is 0 Å². The molecule has 0 radical (unpaired) electrons. The van der Waals surface area contributed by atoms with Gasteiger partial charge in [-0.25, -0.2) is 0 Å². The summed E-state index contributed by atoms with van der Waals surface area (Å²) in [6.07, 6.45) is 0.0395. The minimum atomic E-state index is -0.818. The maximum Gasteiger partial charge on any atom is 0.259 e. The van der Waals surface area contributed by atoms with Gasteiger partial charge in [-0.2, -0.15) is 0 Å². The van der Waals surface area contributed by atoms with E-state index in [1.807, 2.05) is 12.1 Å². The second kappa shape index (κ2) is 11.0. The normalized spacial score (nSPS) is 13.8. The Balaban J connectivity index is 0.00000380. The van der Waals surface area contributed by atoms with Crippen molar-refractivity contribution in [1.82, 2.24) is 5.32 Å². The van der Waals surface area contributed by atoms with Crippen LogP contribution in [-0.4, -0.2) is 39.4 Å². The third kappa shape index (κ3) is 6.55. The van der Waals surface area contributed by atoms with Crippen molar-refractivity contribution in [2.24, 2.45) is 0 Å². The molecule has 1 amide bonds. The molecule has 0 spiro atoms. The van der Waals surface area contributed by atoms with Gasteiger partial charge in [0, 0.05) is 24.6 Å². The lowest BCUT2D eigenvalue weighted by Gasteiger charge is -2.37. The summed E-state index contributed by atoms with van der Waals surface area (Å²) >= 11 is 0. The van der Waals surface area contributed by atoms with Crippen LogP contribution in [0.25, 0.3) is 0 Å². The van der Waals surface area contributed by atoms with E-state index in [4.69, 9.17) is 4.74 Å². The molecule has 3 aromatic carbocycles. The van der Waals surface area contributed by atoms with Gasteiger partial charge in [0.25, 0.3) is 5.91 Å². The average molecular weight is 527 g/mol. The number of aliphatic hydroxyl groups excluding tert-OH is 1. The Labute approximate surface area is 223 Å². The summed E-state index contributed by atoms with van der Waals surface area (Å²) in [5.41, 5.74) is 1.54. The summed E-state index contributed by atoms with van der Waals surface area (Å²) in [4.78, 5) is 13.0. The van der Waals surface area contributed by atoms with Crippen molar-refractivity contribution in [1.29, 1.82) is 0 Å². The fourth-order valence-electron chi connectivity index (χ4n) is 5.15. The summed E-state index contributed by atoms with van der Waals surface area (Å²) in [5, 5.41) is 37.8. The fourth-order valence-corrected chi connectivity index (χ4v) is 5.15. The largest absolute Gasteiger partial charge is 0.508 e. The van der Waals surface area contributed by atoms with Crippen molar-refractivity contribution >= 4 is 24.0 Å². The third-order valence-corrected chi connectivity index (χ3v) is 6.54. The number of rotatable bonds is 8. The molecule has 8 heteroatoms. The van der Waals surface area contributed by atoms with Gasteiger partial charge in [-0.3, -0.25) is 4.79 Å². The highest BCUT2D eigenvalue weighted by Crippen LogP contribution is 2.39. The summed E-state index contributed by atoms with van der Waals surface area (Å²) in [5.74, 6) is 0.607. The number of fused-ring (bicyclic) bond motifs is 2. The van der Waals surface area contributed by atoms with Crippen molar-refractivity contribution in [2.75, 3.05) is 11.9 Å². The van der Waals surface area contributed by atoms with Gasteiger partial charge in [0.05, 0.1) is 17.4 Å². The zero-order valence-corrected chi connectivity index (χ0v) is 22.4. The summed E-state index contributed by atoms with van der Waals surface area (Å²) in [6, 6.07) is 17.3. The number of hydrogen-bond donors (Lipinski definition) is 5. The number of anilines is 1. The number of para-hydroxylation sites is 3. The lowest BCUT2D eigenvalue weighted by molar-refractivity contribution is 0.102. The molecule has 4 rings (SSSR count). The van der Waals surface area contributed by atoms with Crippen LogP contribution in [0.5, 0.6) is 23.0 Å². The molecular formula is C29H35ClN2O5. The van der Waals surface area contributed by atoms with E-state index < -0.39 is 6.10 Å². The molecule has 3 aromatic rings. The Morgan fingerprint density at radius 3 is 2.38 bits per heavy atom. The van der Waals surface area contributed by atoms with E-state index in [1.54, 1.807) is 36.4 Å². The molecule has 1 atom stereocenters. The maximum absolute atomic E-state index is 13.0. The highest BCUT2D eigenvalue weighted by molar-refractivity contribution is 6.09. The molecule has 37 heavy (non-hydrogen) atoms. The van der Waals surface area contributed by atoms with Gasteiger partial charge in [0.2, 0.25) is 0 Å². The summed E-state index contributed by atoms with van der Waals surface area (Å²) in [7, 11) is 0. The molecule has 0 bridgehead atoms. The van der Waals surface area contributed by atoms with Crippen molar-refractivity contribution in [3.05, 3.63) is 77.4 Å². The van der Waals surface area contributed by atoms with Crippen LogP contribution in [0, 0.1) is 0 Å². The number of carbonyl (C=O) groups is 1. The summed E-state index contributed by atoms with van der Waals surface area (Å²) < 4.78 is 5.94. The van der Waals surface area contributed by atoms with Gasteiger partial charge in [-0.15, -0.1) is 12.4 Å². The number of aliphatic hydroxyl groups is 1. The maximum atomic E-state index is 13.0. The van der Waals surface area contributed by atoms with Crippen LogP contribution < -0.4 is 15.4 Å². The molecule has 198 valence electrons. The second-order valence-electron chi connectivity index (χ2n) is 10.7. The lowest BCUT2D eigenvalue weighted by Crippen LogP contribution is -2.47. The zero-order valence-electron chi connectivity index (χ0n) is 21.5. The smallest absolute Gasteiger partial charge is 0.259 e. The number of phenols is 2. The number of halogens is 1. The number of β-amino-alcohol motifs (C(OH)–C–C–N with tert-alkyl or cyclic N) is 1. The predicted octanol–water partition coefficient (Wildman–Crippen LogP) is 5.52. The molecule has 0 saturated carbocycles. The predicted molar refractivity (Wildman–Crippen MR) is 147 cm³/mol. The monoisotopic (exact) mass is 526 g/mol. The number of amides is 1. The van der Waals surface area contributed by atoms with Gasteiger partial charge in [0.1, 0.15) is 17.2 Å². The molecule has 0 aromatic heterocycles. The topological polar surface area (TPSA) is 111 Å². The first-order valence-corrected chi connectivity index (χ1v) is 12.1. The van der Waals surface area contributed by atoms with Crippen LogP contribution in [-0.2, 0) is 11.8 Å². The van der Waals surface area contributed by atoms with Crippen LogP contribution >= 0.6 is 12.4 Å². The van der Waals surface area contributed by atoms with Gasteiger partial charge in [-0.05, 0) is 61.1 Å². The molecule has 7 nitrogen and oxygen atoms in total.